The van der Waals surface area contributed by atoms with Crippen LogP contribution in [0.2, 0.25) is 0 Å². The number of carbonyl (C=O) groups excluding carboxylic acids is 1. The second-order valence-electron chi connectivity index (χ2n) is 12.0. The average Bonchev–Trinajstić information content (AvgIpc) is 3.21. The van der Waals surface area contributed by atoms with Gasteiger partial charge in [0.25, 0.3) is 5.56 Å². The second kappa shape index (κ2) is 12.1. The number of methoxy groups -OCH3 is 1. The van der Waals surface area contributed by atoms with E-state index in [4.69, 9.17) is 9.72 Å². The lowest BCUT2D eigenvalue weighted by Crippen LogP contribution is -2.50. The fourth-order valence-corrected chi connectivity index (χ4v) is 7.69. The summed E-state index contributed by atoms with van der Waals surface area (Å²) in [6.45, 7) is 0. The number of nitrogens with zero attached hydrogens (tertiary/aromatic N) is 3. The third-order valence-corrected chi connectivity index (χ3v) is 9.50. The lowest BCUT2D eigenvalue weighted by molar-refractivity contribution is -0.141. The summed E-state index contributed by atoms with van der Waals surface area (Å²) in [5.41, 5.74) is 2.48. The van der Waals surface area contributed by atoms with E-state index in [9.17, 15) is 9.59 Å². The van der Waals surface area contributed by atoms with Crippen LogP contribution in [-0.2, 0) is 16.0 Å². The molecule has 0 spiro atoms. The number of nitrogens with one attached hydrogen (secondary N) is 1. The molecule has 7 heteroatoms. The molecule has 1 aromatic heterocycles. The van der Waals surface area contributed by atoms with Crippen molar-refractivity contribution < 1.29 is 9.53 Å². The number of hydrogen-bond acceptors (Lipinski definition) is 6. The van der Waals surface area contributed by atoms with Gasteiger partial charge in [-0.15, -0.1) is 0 Å². The van der Waals surface area contributed by atoms with Crippen molar-refractivity contribution in [2.24, 2.45) is 0 Å². The molecule has 3 fully saturated rings. The second-order valence-corrected chi connectivity index (χ2v) is 12.0. The molecule has 40 heavy (non-hydrogen) atoms. The molecule has 7 nitrogen and oxygen atoms in total. The molecule has 2 bridgehead atoms. The predicted molar refractivity (Wildman–Crippen MR) is 159 cm³/mol. The van der Waals surface area contributed by atoms with E-state index < -0.39 is 12.0 Å². The number of hydrogen-bond donors (Lipinski definition) is 1. The van der Waals surface area contributed by atoms with Crippen LogP contribution in [0.5, 0.6) is 0 Å². The highest BCUT2D eigenvalue weighted by atomic mass is 16.5. The number of para-hydroxylation sites is 2. The number of piperidine rings is 1. The largest absolute Gasteiger partial charge is 0.467 e. The Morgan fingerprint density at radius 1 is 0.875 bits per heavy atom. The number of fused-ring (bicyclic) bond motifs is 3. The van der Waals surface area contributed by atoms with E-state index in [0.717, 1.165) is 29.4 Å². The highest BCUT2D eigenvalue weighted by Crippen LogP contribution is 2.44. The van der Waals surface area contributed by atoms with Gasteiger partial charge in [0, 0.05) is 30.6 Å². The fraction of sp³-hybridized carbons (Fsp3) is 0.545. The van der Waals surface area contributed by atoms with Crippen LogP contribution in [0.4, 0.5) is 5.82 Å². The summed E-state index contributed by atoms with van der Waals surface area (Å²) in [4.78, 5) is 34.5. The SMILES string of the molecule is COC(=O)[C@H](Cc1ccccc1)Nc1nc2ccccc2n(C2C[C@H]3CC[C@@H](C2)N3C2CCCCCCC2)c1=O. The molecule has 1 aliphatic carbocycles. The van der Waals surface area contributed by atoms with Crippen molar-refractivity contribution in [1.29, 1.82) is 0 Å². The Kier molecular flexibility index (Phi) is 8.19. The van der Waals surface area contributed by atoms with E-state index >= 15 is 0 Å². The molecule has 1 saturated carbocycles. The lowest BCUT2D eigenvalue weighted by Gasteiger charge is -2.45. The minimum Gasteiger partial charge on any atom is -0.467 e. The van der Waals surface area contributed by atoms with Crippen molar-refractivity contribution in [2.45, 2.75) is 107 Å². The van der Waals surface area contributed by atoms with Gasteiger partial charge in [-0.1, -0.05) is 74.6 Å². The van der Waals surface area contributed by atoms with Gasteiger partial charge in [0.15, 0.2) is 5.82 Å². The summed E-state index contributed by atoms with van der Waals surface area (Å²) in [6.07, 6.45) is 14.3. The summed E-state index contributed by atoms with van der Waals surface area (Å²) < 4.78 is 7.10. The van der Waals surface area contributed by atoms with Gasteiger partial charge in [0.1, 0.15) is 6.04 Å². The van der Waals surface area contributed by atoms with Crippen LogP contribution in [0.15, 0.2) is 59.4 Å². The molecular formula is C33H42N4O3. The Labute approximate surface area is 236 Å². The van der Waals surface area contributed by atoms with Crippen LogP contribution in [0.1, 0.15) is 82.2 Å². The molecule has 1 N–H and O–H groups in total. The Bertz CT molecular complexity index is 1350. The van der Waals surface area contributed by atoms with E-state index in [1.807, 2.05) is 59.2 Å². The van der Waals surface area contributed by atoms with E-state index in [-0.39, 0.29) is 17.4 Å². The van der Waals surface area contributed by atoms with Gasteiger partial charge in [0.2, 0.25) is 0 Å². The van der Waals surface area contributed by atoms with Gasteiger partial charge in [0.05, 0.1) is 18.1 Å². The smallest absolute Gasteiger partial charge is 0.328 e. The van der Waals surface area contributed by atoms with Crippen molar-refractivity contribution >= 4 is 22.8 Å². The Hall–Kier alpha value is -3.19. The van der Waals surface area contributed by atoms with E-state index in [1.54, 1.807) is 0 Å². The maximum Gasteiger partial charge on any atom is 0.328 e. The quantitative estimate of drug-likeness (QED) is 0.376. The van der Waals surface area contributed by atoms with E-state index in [1.165, 1.54) is 64.9 Å². The topological polar surface area (TPSA) is 76.5 Å². The zero-order chi connectivity index (χ0) is 27.5. The number of ether oxygens (including phenoxy) is 1. The van der Waals surface area contributed by atoms with Gasteiger partial charge in [-0.25, -0.2) is 9.78 Å². The first-order chi connectivity index (χ1) is 19.6. The van der Waals surface area contributed by atoms with Gasteiger partial charge in [-0.3, -0.25) is 9.69 Å². The third kappa shape index (κ3) is 5.53. The van der Waals surface area contributed by atoms with Crippen molar-refractivity contribution in [3.05, 3.63) is 70.5 Å². The Morgan fingerprint density at radius 3 is 2.23 bits per heavy atom. The third-order valence-electron chi connectivity index (χ3n) is 9.50. The average molecular weight is 543 g/mol. The molecule has 212 valence electrons. The number of anilines is 1. The molecule has 0 amide bonds. The summed E-state index contributed by atoms with van der Waals surface area (Å²) in [7, 11) is 1.38. The van der Waals surface area contributed by atoms with Crippen LogP contribution in [0.25, 0.3) is 11.0 Å². The first-order valence-electron chi connectivity index (χ1n) is 15.3. The molecule has 1 unspecified atom stereocenters. The number of aromatic nitrogens is 2. The minimum atomic E-state index is -0.709. The maximum atomic E-state index is 14.2. The Balaban J connectivity index is 1.30. The van der Waals surface area contributed by atoms with Crippen LogP contribution in [0, 0.1) is 0 Å². The summed E-state index contributed by atoms with van der Waals surface area (Å²) in [6, 6.07) is 18.9. The molecule has 3 aromatic rings. The van der Waals surface area contributed by atoms with Gasteiger partial charge in [-0.05, 0) is 56.2 Å². The zero-order valence-corrected chi connectivity index (χ0v) is 23.6. The number of carbonyl (C=O) groups is 1. The Morgan fingerprint density at radius 2 is 1.52 bits per heavy atom. The summed E-state index contributed by atoms with van der Waals surface area (Å²) in [5, 5.41) is 3.20. The molecular weight excluding hydrogens is 500 g/mol. The lowest BCUT2D eigenvalue weighted by atomic mass is 9.89. The van der Waals surface area contributed by atoms with Gasteiger partial charge in [-0.2, -0.15) is 0 Å². The number of benzene rings is 2. The van der Waals surface area contributed by atoms with Gasteiger partial charge < -0.3 is 14.6 Å². The van der Waals surface area contributed by atoms with Crippen molar-refractivity contribution in [1.82, 2.24) is 14.5 Å². The minimum absolute atomic E-state index is 0.119. The molecule has 4 atom stereocenters. The summed E-state index contributed by atoms with van der Waals surface area (Å²) >= 11 is 0. The zero-order valence-electron chi connectivity index (χ0n) is 23.6. The number of rotatable bonds is 7. The van der Waals surface area contributed by atoms with Crippen LogP contribution >= 0.6 is 0 Å². The molecule has 3 heterocycles. The predicted octanol–water partition coefficient (Wildman–Crippen LogP) is 5.87. The first kappa shape index (κ1) is 27.0. The molecule has 0 radical (unpaired) electrons. The normalized spacial score (nSPS) is 24.8. The number of esters is 1. The van der Waals surface area contributed by atoms with Crippen LogP contribution in [-0.4, -0.2) is 51.7 Å². The van der Waals surface area contributed by atoms with E-state index in [2.05, 4.69) is 10.2 Å². The monoisotopic (exact) mass is 542 g/mol. The molecule has 6 rings (SSSR count). The van der Waals surface area contributed by atoms with Crippen molar-refractivity contribution in [2.75, 3.05) is 12.4 Å². The van der Waals surface area contributed by atoms with Crippen LogP contribution in [0.3, 0.4) is 0 Å². The highest BCUT2D eigenvalue weighted by Gasteiger charge is 2.44. The fourth-order valence-electron chi connectivity index (χ4n) is 7.69. The van der Waals surface area contributed by atoms with E-state index in [0.29, 0.717) is 24.5 Å². The van der Waals surface area contributed by atoms with Crippen LogP contribution < -0.4 is 10.9 Å². The van der Waals surface area contributed by atoms with Crippen molar-refractivity contribution in [3.63, 3.8) is 0 Å². The molecule has 3 aliphatic rings. The van der Waals surface area contributed by atoms with Crippen molar-refractivity contribution in [3.8, 4) is 0 Å². The molecule has 2 saturated heterocycles. The summed E-state index contributed by atoms with van der Waals surface area (Å²) in [5.74, 6) is -0.185. The maximum absolute atomic E-state index is 14.2. The molecule has 2 aliphatic heterocycles. The standard InChI is InChI=1S/C33H42N4O3/c1-40-33(39)29(20-23-12-6-5-7-13-23)35-31-32(38)37(30-17-11-10-16-28(30)34-31)27-21-25-18-19-26(22-27)36(25)24-14-8-3-2-4-9-15-24/h5-7,10-13,16-17,24-27,29H,2-4,8-9,14-15,18-22H2,1H3,(H,34,35)/t25-,26+,27?,29-/m0/s1. The first-order valence-corrected chi connectivity index (χ1v) is 15.3. The van der Waals surface area contributed by atoms with Gasteiger partial charge >= 0.3 is 5.97 Å². The highest BCUT2D eigenvalue weighted by molar-refractivity contribution is 5.81. The molecule has 2 aromatic carbocycles.